The van der Waals surface area contributed by atoms with Crippen LogP contribution in [0.4, 0.5) is 5.69 Å². The van der Waals surface area contributed by atoms with Crippen molar-refractivity contribution in [2.45, 2.75) is 19.8 Å². The SMILES string of the molecule is CC(=O)NC[C@@H]1CCCN(c2ccnc3cc(Br)ccc23)C1. The highest BCUT2D eigenvalue weighted by Crippen LogP contribution is 2.30. The van der Waals surface area contributed by atoms with Gasteiger partial charge in [0, 0.05) is 48.3 Å². The molecule has 4 nitrogen and oxygen atoms in total. The number of hydrogen-bond acceptors (Lipinski definition) is 3. The van der Waals surface area contributed by atoms with Crippen molar-refractivity contribution in [3.05, 3.63) is 34.9 Å². The number of amides is 1. The summed E-state index contributed by atoms with van der Waals surface area (Å²) in [7, 11) is 0. The molecule has 22 heavy (non-hydrogen) atoms. The third kappa shape index (κ3) is 3.40. The van der Waals surface area contributed by atoms with Crippen molar-refractivity contribution in [3.63, 3.8) is 0 Å². The maximum atomic E-state index is 11.1. The van der Waals surface area contributed by atoms with Crippen molar-refractivity contribution in [3.8, 4) is 0 Å². The van der Waals surface area contributed by atoms with Crippen LogP contribution >= 0.6 is 15.9 Å². The van der Waals surface area contributed by atoms with Crippen LogP contribution in [0.15, 0.2) is 34.9 Å². The van der Waals surface area contributed by atoms with E-state index in [1.54, 1.807) is 6.92 Å². The maximum Gasteiger partial charge on any atom is 0.216 e. The lowest BCUT2D eigenvalue weighted by molar-refractivity contribution is -0.119. The molecule has 1 aliphatic rings. The molecule has 1 amide bonds. The fraction of sp³-hybridized carbons (Fsp3) is 0.412. The summed E-state index contributed by atoms with van der Waals surface area (Å²) < 4.78 is 1.05. The molecular weight excluding hydrogens is 342 g/mol. The van der Waals surface area contributed by atoms with Crippen molar-refractivity contribution in [1.82, 2.24) is 10.3 Å². The Morgan fingerprint density at radius 1 is 1.45 bits per heavy atom. The third-order valence-corrected chi connectivity index (χ3v) is 4.67. The van der Waals surface area contributed by atoms with Gasteiger partial charge in [-0.05, 0) is 43.0 Å². The number of nitrogens with one attached hydrogen (secondary N) is 1. The molecule has 1 fully saturated rings. The van der Waals surface area contributed by atoms with E-state index < -0.39 is 0 Å². The van der Waals surface area contributed by atoms with Crippen molar-refractivity contribution < 1.29 is 4.79 Å². The first-order valence-electron chi connectivity index (χ1n) is 7.67. The average molecular weight is 362 g/mol. The first-order valence-corrected chi connectivity index (χ1v) is 8.46. The highest BCUT2D eigenvalue weighted by Gasteiger charge is 2.21. The van der Waals surface area contributed by atoms with Crippen LogP contribution in [0.5, 0.6) is 0 Å². The number of benzene rings is 1. The summed E-state index contributed by atoms with van der Waals surface area (Å²) in [6.45, 7) is 4.39. The number of carbonyl (C=O) groups excluding carboxylic acids is 1. The first-order chi connectivity index (χ1) is 10.6. The highest BCUT2D eigenvalue weighted by molar-refractivity contribution is 9.10. The topological polar surface area (TPSA) is 45.2 Å². The van der Waals surface area contributed by atoms with E-state index in [0.717, 1.165) is 36.0 Å². The zero-order valence-electron chi connectivity index (χ0n) is 12.7. The number of halogens is 1. The Balaban J connectivity index is 1.82. The van der Waals surface area contributed by atoms with Crippen molar-refractivity contribution in [1.29, 1.82) is 0 Å². The number of piperidine rings is 1. The molecule has 3 rings (SSSR count). The average Bonchev–Trinajstić information content (AvgIpc) is 2.52. The van der Waals surface area contributed by atoms with E-state index in [1.807, 2.05) is 6.20 Å². The van der Waals surface area contributed by atoms with Gasteiger partial charge < -0.3 is 10.2 Å². The second-order valence-electron chi connectivity index (χ2n) is 5.88. The zero-order valence-corrected chi connectivity index (χ0v) is 14.3. The first kappa shape index (κ1) is 15.3. The quantitative estimate of drug-likeness (QED) is 0.911. The van der Waals surface area contributed by atoms with Gasteiger partial charge in [-0.25, -0.2) is 0 Å². The van der Waals surface area contributed by atoms with Gasteiger partial charge in [0.1, 0.15) is 0 Å². The summed E-state index contributed by atoms with van der Waals surface area (Å²) in [5.41, 5.74) is 2.25. The molecule has 5 heteroatoms. The van der Waals surface area contributed by atoms with E-state index in [4.69, 9.17) is 0 Å². The number of hydrogen-bond donors (Lipinski definition) is 1. The number of rotatable bonds is 3. The summed E-state index contributed by atoms with van der Waals surface area (Å²) in [5, 5.41) is 4.13. The van der Waals surface area contributed by atoms with Gasteiger partial charge in [-0.15, -0.1) is 0 Å². The fourth-order valence-corrected chi connectivity index (χ4v) is 3.47. The van der Waals surface area contributed by atoms with Crippen LogP contribution in [0.1, 0.15) is 19.8 Å². The van der Waals surface area contributed by atoms with Crippen LogP contribution in [-0.4, -0.2) is 30.5 Å². The van der Waals surface area contributed by atoms with Gasteiger partial charge in [0.2, 0.25) is 5.91 Å². The molecule has 0 radical (unpaired) electrons. The summed E-state index contributed by atoms with van der Waals surface area (Å²) in [4.78, 5) is 18.0. The maximum absolute atomic E-state index is 11.1. The largest absolute Gasteiger partial charge is 0.371 e. The molecule has 0 aliphatic carbocycles. The number of anilines is 1. The number of carbonyl (C=O) groups is 1. The molecular formula is C17H20BrN3O. The van der Waals surface area contributed by atoms with E-state index in [9.17, 15) is 4.79 Å². The van der Waals surface area contributed by atoms with Crippen LogP contribution in [0.25, 0.3) is 10.9 Å². The predicted octanol–water partition coefficient (Wildman–Crippen LogP) is 3.35. The summed E-state index contributed by atoms with van der Waals surface area (Å²) >= 11 is 3.50. The zero-order chi connectivity index (χ0) is 15.5. The molecule has 0 unspecified atom stereocenters. The van der Waals surface area contributed by atoms with Gasteiger partial charge in [-0.3, -0.25) is 9.78 Å². The van der Waals surface area contributed by atoms with Crippen molar-refractivity contribution >= 4 is 38.4 Å². The minimum absolute atomic E-state index is 0.0522. The predicted molar refractivity (Wildman–Crippen MR) is 93.1 cm³/mol. The van der Waals surface area contributed by atoms with Gasteiger partial charge >= 0.3 is 0 Å². The van der Waals surface area contributed by atoms with Crippen LogP contribution in [0.3, 0.4) is 0 Å². The van der Waals surface area contributed by atoms with E-state index in [-0.39, 0.29) is 5.91 Å². The van der Waals surface area contributed by atoms with Gasteiger partial charge in [0.05, 0.1) is 5.52 Å². The normalized spacial score (nSPS) is 18.5. The van der Waals surface area contributed by atoms with E-state index >= 15 is 0 Å². The van der Waals surface area contributed by atoms with Crippen LogP contribution in [-0.2, 0) is 4.79 Å². The van der Waals surface area contributed by atoms with Gasteiger partial charge in [-0.1, -0.05) is 15.9 Å². The molecule has 1 saturated heterocycles. The lowest BCUT2D eigenvalue weighted by Gasteiger charge is -2.35. The van der Waals surface area contributed by atoms with Gasteiger partial charge in [-0.2, -0.15) is 0 Å². The van der Waals surface area contributed by atoms with Crippen LogP contribution < -0.4 is 10.2 Å². The molecule has 0 bridgehead atoms. The number of nitrogens with zero attached hydrogens (tertiary/aromatic N) is 2. The molecule has 1 aromatic carbocycles. The summed E-state index contributed by atoms with van der Waals surface area (Å²) in [6, 6.07) is 8.33. The summed E-state index contributed by atoms with van der Waals surface area (Å²) in [6.07, 6.45) is 4.21. The lowest BCUT2D eigenvalue weighted by atomic mass is 9.97. The molecule has 1 aromatic heterocycles. The Hall–Kier alpha value is -1.62. The molecule has 2 heterocycles. The fourth-order valence-electron chi connectivity index (χ4n) is 3.12. The Morgan fingerprint density at radius 3 is 3.14 bits per heavy atom. The Kier molecular flexibility index (Phi) is 4.62. The van der Waals surface area contributed by atoms with Crippen molar-refractivity contribution in [2.24, 2.45) is 5.92 Å². The monoisotopic (exact) mass is 361 g/mol. The van der Waals surface area contributed by atoms with E-state index in [0.29, 0.717) is 5.92 Å². The van der Waals surface area contributed by atoms with Crippen LogP contribution in [0.2, 0.25) is 0 Å². The smallest absolute Gasteiger partial charge is 0.216 e. The lowest BCUT2D eigenvalue weighted by Crippen LogP contribution is -2.40. The van der Waals surface area contributed by atoms with Crippen molar-refractivity contribution in [2.75, 3.05) is 24.5 Å². The number of pyridine rings is 1. The molecule has 116 valence electrons. The molecule has 1 N–H and O–H groups in total. The Morgan fingerprint density at radius 2 is 2.32 bits per heavy atom. The van der Waals surface area contributed by atoms with Gasteiger partial charge in [0.25, 0.3) is 0 Å². The molecule has 2 aromatic rings. The van der Waals surface area contributed by atoms with E-state index in [1.165, 1.54) is 17.5 Å². The highest BCUT2D eigenvalue weighted by atomic mass is 79.9. The molecule has 0 spiro atoms. The number of aromatic nitrogens is 1. The summed E-state index contributed by atoms with van der Waals surface area (Å²) in [5.74, 6) is 0.563. The minimum Gasteiger partial charge on any atom is -0.371 e. The molecule has 1 aliphatic heterocycles. The van der Waals surface area contributed by atoms with Crippen LogP contribution in [0, 0.1) is 5.92 Å². The second kappa shape index (κ2) is 6.65. The van der Waals surface area contributed by atoms with Gasteiger partial charge in [0.15, 0.2) is 0 Å². The second-order valence-corrected chi connectivity index (χ2v) is 6.80. The Bertz CT molecular complexity index is 689. The Labute approximate surface area is 139 Å². The molecule has 1 atom stereocenters. The molecule has 0 saturated carbocycles. The van der Waals surface area contributed by atoms with E-state index in [2.05, 4.69) is 55.4 Å². The standard InChI is InChI=1S/C17H20BrN3O/c1-12(22)20-10-13-3-2-8-21(11-13)17-6-7-19-16-9-14(18)4-5-15(16)17/h4-7,9,13H,2-3,8,10-11H2,1H3,(H,20,22)/t13-/m0/s1. The number of fused-ring (bicyclic) bond motifs is 1. The minimum atomic E-state index is 0.0522. The third-order valence-electron chi connectivity index (χ3n) is 4.18.